The average molecular weight is 446 g/mol. The molecule has 0 unspecified atom stereocenters. The topological polar surface area (TPSA) is 102 Å². The van der Waals surface area contributed by atoms with E-state index in [-0.39, 0.29) is 15.0 Å². The fraction of sp³-hybridized carbons (Fsp3) is 0. The van der Waals surface area contributed by atoms with Crippen molar-refractivity contribution >= 4 is 54.6 Å². The summed E-state index contributed by atoms with van der Waals surface area (Å²) in [6.45, 7) is 0. The number of hydrogen-bond acceptors (Lipinski definition) is 6. The highest BCUT2D eigenvalue weighted by Crippen LogP contribution is 2.31. The third-order valence-corrected chi connectivity index (χ3v) is 6.74. The number of benzene rings is 3. The number of nitrogens with zero attached hydrogens (tertiary/aromatic N) is 2. The van der Waals surface area contributed by atoms with Crippen LogP contribution in [0.25, 0.3) is 22.0 Å². The first-order valence-electron chi connectivity index (χ1n) is 8.25. The van der Waals surface area contributed by atoms with Crippen LogP contribution in [0.1, 0.15) is 0 Å². The standard InChI is InChI=1S/C19H12ClN3O4S2/c20-16-8-7-15(10-18(16)23(24)25)29(26,27)22-19-21-17(11-28-19)14-6-5-12-3-1-2-4-13(12)9-14/h1-11H,(H,21,22). The highest BCUT2D eigenvalue weighted by atomic mass is 35.5. The monoisotopic (exact) mass is 445 g/mol. The van der Waals surface area contributed by atoms with Crippen LogP contribution in [0.5, 0.6) is 0 Å². The van der Waals surface area contributed by atoms with Gasteiger partial charge in [-0.25, -0.2) is 13.4 Å². The van der Waals surface area contributed by atoms with E-state index in [0.717, 1.165) is 33.7 Å². The van der Waals surface area contributed by atoms with Gasteiger partial charge in [0, 0.05) is 17.0 Å². The van der Waals surface area contributed by atoms with Crippen molar-refractivity contribution in [2.24, 2.45) is 0 Å². The quantitative estimate of drug-likeness (QED) is 0.330. The van der Waals surface area contributed by atoms with E-state index in [9.17, 15) is 18.5 Å². The molecule has 0 radical (unpaired) electrons. The summed E-state index contributed by atoms with van der Waals surface area (Å²) >= 11 is 6.87. The number of hydrogen-bond donors (Lipinski definition) is 1. The first kappa shape index (κ1) is 19.3. The Bertz CT molecular complexity index is 1350. The van der Waals surface area contributed by atoms with E-state index < -0.39 is 20.6 Å². The van der Waals surface area contributed by atoms with Crippen LogP contribution in [0.4, 0.5) is 10.8 Å². The fourth-order valence-corrected chi connectivity index (χ4v) is 4.95. The number of nitro benzene ring substituents is 1. The second-order valence-corrected chi connectivity index (χ2v) is 9.02. The molecule has 0 aliphatic carbocycles. The van der Waals surface area contributed by atoms with E-state index in [1.54, 1.807) is 5.38 Å². The molecule has 0 aliphatic heterocycles. The molecule has 10 heteroatoms. The van der Waals surface area contributed by atoms with Crippen LogP contribution in [0.15, 0.2) is 70.9 Å². The van der Waals surface area contributed by atoms with E-state index in [1.807, 2.05) is 42.5 Å². The van der Waals surface area contributed by atoms with Crippen LogP contribution in [-0.4, -0.2) is 18.3 Å². The smallest absolute Gasteiger partial charge is 0.258 e. The van der Waals surface area contributed by atoms with Gasteiger partial charge in [-0.2, -0.15) is 0 Å². The maximum atomic E-state index is 12.6. The Morgan fingerprint density at radius 2 is 1.79 bits per heavy atom. The summed E-state index contributed by atoms with van der Waals surface area (Å²) in [6, 6.07) is 17.1. The van der Waals surface area contributed by atoms with Gasteiger partial charge in [0.25, 0.3) is 15.7 Å². The van der Waals surface area contributed by atoms with Crippen LogP contribution in [-0.2, 0) is 10.0 Å². The summed E-state index contributed by atoms with van der Waals surface area (Å²) < 4.78 is 27.6. The Kier molecular flexibility index (Phi) is 4.95. The predicted molar refractivity (Wildman–Crippen MR) is 114 cm³/mol. The molecule has 3 aromatic carbocycles. The van der Waals surface area contributed by atoms with Crippen molar-refractivity contribution in [1.82, 2.24) is 4.98 Å². The van der Waals surface area contributed by atoms with E-state index in [2.05, 4.69) is 9.71 Å². The van der Waals surface area contributed by atoms with Crippen molar-refractivity contribution in [2.75, 3.05) is 4.72 Å². The summed E-state index contributed by atoms with van der Waals surface area (Å²) in [5.41, 5.74) is 0.999. The van der Waals surface area contributed by atoms with Crippen LogP contribution < -0.4 is 4.72 Å². The number of thiazole rings is 1. The Morgan fingerprint density at radius 1 is 1.03 bits per heavy atom. The second-order valence-electron chi connectivity index (χ2n) is 6.08. The number of halogens is 1. The molecule has 0 saturated heterocycles. The number of sulfonamides is 1. The van der Waals surface area contributed by atoms with E-state index in [0.29, 0.717) is 5.69 Å². The SMILES string of the molecule is O=[N+]([O-])c1cc(S(=O)(=O)Nc2nc(-c3ccc4ccccc4c3)cs2)ccc1Cl. The van der Waals surface area contributed by atoms with E-state index >= 15 is 0 Å². The number of anilines is 1. The minimum absolute atomic E-state index is 0.137. The molecule has 0 atom stereocenters. The van der Waals surface area contributed by atoms with Crippen molar-refractivity contribution < 1.29 is 13.3 Å². The lowest BCUT2D eigenvalue weighted by molar-refractivity contribution is -0.384. The van der Waals surface area contributed by atoms with Crippen LogP contribution in [0.3, 0.4) is 0 Å². The van der Waals surface area contributed by atoms with Gasteiger partial charge in [0.15, 0.2) is 5.13 Å². The summed E-state index contributed by atoms with van der Waals surface area (Å²) in [5.74, 6) is 0. The van der Waals surface area contributed by atoms with Crippen LogP contribution >= 0.6 is 22.9 Å². The zero-order valence-electron chi connectivity index (χ0n) is 14.6. The average Bonchev–Trinajstić information content (AvgIpc) is 3.15. The zero-order chi connectivity index (χ0) is 20.6. The molecule has 1 N–H and O–H groups in total. The largest absolute Gasteiger partial charge is 0.289 e. The molecular weight excluding hydrogens is 434 g/mol. The summed E-state index contributed by atoms with van der Waals surface area (Å²) in [4.78, 5) is 14.3. The van der Waals surface area contributed by atoms with Crippen molar-refractivity contribution in [2.45, 2.75) is 4.90 Å². The van der Waals surface area contributed by atoms with Crippen molar-refractivity contribution in [3.8, 4) is 11.3 Å². The van der Waals surface area contributed by atoms with Gasteiger partial charge in [-0.1, -0.05) is 48.0 Å². The fourth-order valence-electron chi connectivity index (χ4n) is 2.78. The minimum Gasteiger partial charge on any atom is -0.258 e. The van der Waals surface area contributed by atoms with Gasteiger partial charge in [-0.3, -0.25) is 14.8 Å². The summed E-state index contributed by atoms with van der Waals surface area (Å²) in [7, 11) is -4.05. The first-order valence-corrected chi connectivity index (χ1v) is 11.0. The molecule has 4 aromatic rings. The Labute approximate surface area is 174 Å². The third-order valence-electron chi connectivity index (χ3n) is 4.20. The molecular formula is C19H12ClN3O4S2. The van der Waals surface area contributed by atoms with Crippen molar-refractivity contribution in [3.05, 3.63) is 81.2 Å². The third kappa shape index (κ3) is 3.93. The van der Waals surface area contributed by atoms with E-state index in [4.69, 9.17) is 11.6 Å². The lowest BCUT2D eigenvalue weighted by Crippen LogP contribution is -2.13. The Morgan fingerprint density at radius 3 is 2.55 bits per heavy atom. The number of aromatic nitrogens is 1. The van der Waals surface area contributed by atoms with Gasteiger partial charge in [0.2, 0.25) is 0 Å². The lowest BCUT2D eigenvalue weighted by Gasteiger charge is -2.05. The summed E-state index contributed by atoms with van der Waals surface area (Å²) in [5, 5.41) is 14.9. The maximum absolute atomic E-state index is 12.6. The Hall–Kier alpha value is -3.01. The first-order chi connectivity index (χ1) is 13.8. The van der Waals surface area contributed by atoms with Crippen LogP contribution in [0.2, 0.25) is 5.02 Å². The van der Waals surface area contributed by atoms with Gasteiger partial charge in [0.1, 0.15) is 5.02 Å². The van der Waals surface area contributed by atoms with Gasteiger partial charge < -0.3 is 0 Å². The molecule has 1 heterocycles. The van der Waals surface area contributed by atoms with Crippen molar-refractivity contribution in [3.63, 3.8) is 0 Å². The molecule has 29 heavy (non-hydrogen) atoms. The summed E-state index contributed by atoms with van der Waals surface area (Å²) in [6.07, 6.45) is 0. The highest BCUT2D eigenvalue weighted by molar-refractivity contribution is 7.93. The molecule has 0 saturated carbocycles. The number of nitrogens with one attached hydrogen (secondary N) is 1. The molecule has 0 spiro atoms. The molecule has 0 bridgehead atoms. The molecule has 0 amide bonds. The normalized spacial score (nSPS) is 11.5. The van der Waals surface area contributed by atoms with Crippen molar-refractivity contribution in [1.29, 1.82) is 0 Å². The predicted octanol–water partition coefficient (Wildman–Crippen LogP) is 5.33. The molecule has 0 fully saturated rings. The molecule has 1 aromatic heterocycles. The molecule has 0 aliphatic rings. The molecule has 4 rings (SSSR count). The van der Waals surface area contributed by atoms with Crippen LogP contribution in [0, 0.1) is 10.1 Å². The number of rotatable bonds is 5. The molecule has 7 nitrogen and oxygen atoms in total. The van der Waals surface area contributed by atoms with Gasteiger partial charge in [-0.05, 0) is 29.0 Å². The second kappa shape index (κ2) is 7.43. The van der Waals surface area contributed by atoms with Gasteiger partial charge in [-0.15, -0.1) is 11.3 Å². The van der Waals surface area contributed by atoms with Gasteiger partial charge in [0.05, 0.1) is 15.5 Å². The minimum atomic E-state index is -4.05. The molecule has 146 valence electrons. The van der Waals surface area contributed by atoms with Gasteiger partial charge >= 0.3 is 0 Å². The highest BCUT2D eigenvalue weighted by Gasteiger charge is 2.22. The maximum Gasteiger partial charge on any atom is 0.289 e. The number of nitro groups is 1. The number of fused-ring (bicyclic) bond motifs is 1. The zero-order valence-corrected chi connectivity index (χ0v) is 17.0. The Balaban J connectivity index is 1.63. The van der Waals surface area contributed by atoms with E-state index in [1.165, 1.54) is 12.1 Å². The lowest BCUT2D eigenvalue weighted by atomic mass is 10.1.